The van der Waals surface area contributed by atoms with E-state index in [-0.39, 0.29) is 6.04 Å². The predicted octanol–water partition coefficient (Wildman–Crippen LogP) is 1.67. The number of nitrogens with two attached hydrogens (primary N) is 1. The summed E-state index contributed by atoms with van der Waals surface area (Å²) < 4.78 is 12.7. The summed E-state index contributed by atoms with van der Waals surface area (Å²) in [6.45, 7) is 0.326. The SMILES string of the molecule is COc1cnn(C)c1C(COc1cccc(Cl)c1)NN. The van der Waals surface area contributed by atoms with Crippen LogP contribution in [0, 0.1) is 0 Å². The van der Waals surface area contributed by atoms with Gasteiger partial charge in [0.25, 0.3) is 0 Å². The van der Waals surface area contributed by atoms with Crippen LogP contribution in [0.4, 0.5) is 0 Å². The van der Waals surface area contributed by atoms with Gasteiger partial charge >= 0.3 is 0 Å². The smallest absolute Gasteiger partial charge is 0.161 e. The van der Waals surface area contributed by atoms with Crippen LogP contribution in [0.2, 0.25) is 5.02 Å². The molecule has 0 radical (unpaired) electrons. The third-order valence-corrected chi connectivity index (χ3v) is 3.15. The number of nitrogens with one attached hydrogen (secondary N) is 1. The van der Waals surface area contributed by atoms with Crippen LogP contribution in [0.15, 0.2) is 30.5 Å². The zero-order valence-corrected chi connectivity index (χ0v) is 12.1. The van der Waals surface area contributed by atoms with Crippen molar-refractivity contribution in [2.24, 2.45) is 12.9 Å². The van der Waals surface area contributed by atoms with Crippen molar-refractivity contribution in [3.63, 3.8) is 0 Å². The van der Waals surface area contributed by atoms with Crippen molar-refractivity contribution in [2.45, 2.75) is 6.04 Å². The van der Waals surface area contributed by atoms with Gasteiger partial charge in [0.15, 0.2) is 5.75 Å². The highest BCUT2D eigenvalue weighted by molar-refractivity contribution is 6.30. The molecule has 6 nitrogen and oxygen atoms in total. The van der Waals surface area contributed by atoms with Crippen molar-refractivity contribution in [1.82, 2.24) is 15.2 Å². The quantitative estimate of drug-likeness (QED) is 0.626. The fourth-order valence-electron chi connectivity index (χ4n) is 1.92. The lowest BCUT2D eigenvalue weighted by Gasteiger charge is -2.18. The minimum atomic E-state index is -0.253. The molecule has 20 heavy (non-hydrogen) atoms. The number of halogens is 1. The maximum atomic E-state index is 5.91. The molecule has 2 rings (SSSR count). The lowest BCUT2D eigenvalue weighted by atomic mass is 10.2. The molecule has 1 heterocycles. The summed E-state index contributed by atoms with van der Waals surface area (Å²) in [7, 11) is 3.41. The first kappa shape index (κ1) is 14.6. The fraction of sp³-hybridized carbons (Fsp3) is 0.308. The molecular formula is C13H17ClN4O2. The first-order valence-electron chi connectivity index (χ1n) is 6.06. The molecule has 3 N–H and O–H groups in total. The largest absolute Gasteiger partial charge is 0.493 e. The molecule has 2 aromatic rings. The van der Waals surface area contributed by atoms with Crippen LogP contribution in [0.1, 0.15) is 11.7 Å². The molecule has 1 aromatic carbocycles. The van der Waals surface area contributed by atoms with Crippen LogP contribution < -0.4 is 20.7 Å². The van der Waals surface area contributed by atoms with Gasteiger partial charge in [-0.15, -0.1) is 0 Å². The molecule has 1 aromatic heterocycles. The zero-order chi connectivity index (χ0) is 14.5. The van der Waals surface area contributed by atoms with Gasteiger partial charge in [0.1, 0.15) is 24.1 Å². The molecule has 0 aliphatic carbocycles. The number of methoxy groups -OCH3 is 1. The van der Waals surface area contributed by atoms with E-state index in [1.54, 1.807) is 30.1 Å². The van der Waals surface area contributed by atoms with E-state index in [4.69, 9.17) is 26.9 Å². The average Bonchev–Trinajstić information content (AvgIpc) is 2.81. The fourth-order valence-corrected chi connectivity index (χ4v) is 2.10. The Morgan fingerprint density at radius 1 is 1.50 bits per heavy atom. The maximum absolute atomic E-state index is 5.91. The normalized spacial score (nSPS) is 12.2. The van der Waals surface area contributed by atoms with Crippen LogP contribution in [-0.4, -0.2) is 23.5 Å². The Morgan fingerprint density at radius 2 is 2.30 bits per heavy atom. The first-order chi connectivity index (χ1) is 9.65. The maximum Gasteiger partial charge on any atom is 0.161 e. The van der Waals surface area contributed by atoms with Gasteiger partial charge < -0.3 is 9.47 Å². The van der Waals surface area contributed by atoms with Gasteiger partial charge in [-0.25, -0.2) is 5.43 Å². The number of benzene rings is 1. The van der Waals surface area contributed by atoms with Gasteiger partial charge in [0, 0.05) is 12.1 Å². The van der Waals surface area contributed by atoms with Gasteiger partial charge in [-0.2, -0.15) is 5.10 Å². The summed E-state index contributed by atoms with van der Waals surface area (Å²) in [4.78, 5) is 0. The number of hydrogen-bond acceptors (Lipinski definition) is 5. The van der Waals surface area contributed by atoms with Crippen molar-refractivity contribution < 1.29 is 9.47 Å². The van der Waals surface area contributed by atoms with Crippen LogP contribution in [0.3, 0.4) is 0 Å². The van der Waals surface area contributed by atoms with Crippen LogP contribution in [0.25, 0.3) is 0 Å². The molecule has 0 bridgehead atoms. The van der Waals surface area contributed by atoms with E-state index in [0.717, 1.165) is 5.69 Å². The van der Waals surface area contributed by atoms with Gasteiger partial charge in [-0.3, -0.25) is 10.5 Å². The summed E-state index contributed by atoms with van der Waals surface area (Å²) in [5.74, 6) is 6.93. The Bertz CT molecular complexity index is 573. The van der Waals surface area contributed by atoms with E-state index in [9.17, 15) is 0 Å². The number of hydrazine groups is 1. The zero-order valence-electron chi connectivity index (χ0n) is 11.3. The summed E-state index contributed by atoms with van der Waals surface area (Å²) >= 11 is 5.91. The average molecular weight is 297 g/mol. The molecule has 1 unspecified atom stereocenters. The van der Waals surface area contributed by atoms with Crippen molar-refractivity contribution in [3.8, 4) is 11.5 Å². The molecule has 0 aliphatic rings. The molecule has 7 heteroatoms. The summed E-state index contributed by atoms with van der Waals surface area (Å²) in [6.07, 6.45) is 1.64. The molecule has 0 saturated carbocycles. The van der Waals surface area contributed by atoms with Crippen LogP contribution >= 0.6 is 11.6 Å². The number of aryl methyl sites for hydroxylation is 1. The molecule has 108 valence electrons. The lowest BCUT2D eigenvalue weighted by molar-refractivity contribution is 0.257. The van der Waals surface area contributed by atoms with Gasteiger partial charge in [-0.05, 0) is 18.2 Å². The second-order valence-corrected chi connectivity index (χ2v) is 4.65. The van der Waals surface area contributed by atoms with E-state index in [1.807, 2.05) is 19.2 Å². The second-order valence-electron chi connectivity index (χ2n) is 4.21. The standard InChI is InChI=1S/C13H17ClN4O2/c1-18-13(12(19-2)7-16-18)11(17-15)8-20-10-5-3-4-9(14)6-10/h3-7,11,17H,8,15H2,1-2H3. The Hall–Kier alpha value is -1.76. The highest BCUT2D eigenvalue weighted by Crippen LogP contribution is 2.25. The summed E-state index contributed by atoms with van der Waals surface area (Å²) in [5.41, 5.74) is 3.52. The topological polar surface area (TPSA) is 74.3 Å². The van der Waals surface area contributed by atoms with Crippen molar-refractivity contribution in [3.05, 3.63) is 41.2 Å². The van der Waals surface area contributed by atoms with E-state index < -0.39 is 0 Å². The monoisotopic (exact) mass is 296 g/mol. The molecule has 1 atom stereocenters. The molecule has 0 aliphatic heterocycles. The highest BCUT2D eigenvalue weighted by Gasteiger charge is 2.20. The third kappa shape index (κ3) is 3.22. The minimum Gasteiger partial charge on any atom is -0.493 e. The first-order valence-corrected chi connectivity index (χ1v) is 6.44. The Morgan fingerprint density at radius 3 is 2.95 bits per heavy atom. The molecule has 0 spiro atoms. The Balaban J connectivity index is 2.11. The number of hydrogen-bond donors (Lipinski definition) is 2. The van der Waals surface area contributed by atoms with Crippen LogP contribution in [-0.2, 0) is 7.05 Å². The van der Waals surface area contributed by atoms with E-state index >= 15 is 0 Å². The van der Waals surface area contributed by atoms with Crippen LogP contribution in [0.5, 0.6) is 11.5 Å². The van der Waals surface area contributed by atoms with Gasteiger partial charge in [0.05, 0.1) is 13.3 Å². The van der Waals surface area contributed by atoms with Gasteiger partial charge in [-0.1, -0.05) is 17.7 Å². The van der Waals surface area contributed by atoms with Crippen molar-refractivity contribution in [1.29, 1.82) is 0 Å². The number of aromatic nitrogens is 2. The van der Waals surface area contributed by atoms with E-state index in [2.05, 4.69) is 10.5 Å². The molecule has 0 fully saturated rings. The summed E-state index contributed by atoms with van der Waals surface area (Å²) in [6, 6.07) is 6.94. The lowest BCUT2D eigenvalue weighted by Crippen LogP contribution is -2.34. The third-order valence-electron chi connectivity index (χ3n) is 2.91. The molecular weight excluding hydrogens is 280 g/mol. The second kappa shape index (κ2) is 6.60. The van der Waals surface area contributed by atoms with E-state index in [0.29, 0.717) is 23.1 Å². The van der Waals surface area contributed by atoms with E-state index in [1.165, 1.54) is 0 Å². The van der Waals surface area contributed by atoms with Gasteiger partial charge in [0.2, 0.25) is 0 Å². The highest BCUT2D eigenvalue weighted by atomic mass is 35.5. The number of nitrogens with zero attached hydrogens (tertiary/aromatic N) is 2. The number of rotatable bonds is 6. The predicted molar refractivity (Wildman–Crippen MR) is 76.8 cm³/mol. The van der Waals surface area contributed by atoms with Crippen molar-refractivity contribution >= 4 is 11.6 Å². The molecule has 0 amide bonds. The van der Waals surface area contributed by atoms with Crippen molar-refractivity contribution in [2.75, 3.05) is 13.7 Å². The number of ether oxygens (including phenoxy) is 2. The minimum absolute atomic E-state index is 0.253. The summed E-state index contributed by atoms with van der Waals surface area (Å²) in [5, 5.41) is 4.77. The Kier molecular flexibility index (Phi) is 4.84. The molecule has 0 saturated heterocycles. The Labute approximate surface area is 122 Å².